The second-order valence-corrected chi connectivity index (χ2v) is 3.30. The lowest BCUT2D eigenvalue weighted by Crippen LogP contribution is -2.11. The Morgan fingerprint density at radius 2 is 2.07 bits per heavy atom. The minimum Gasteiger partial charge on any atom is -0.481 e. The zero-order valence-electron chi connectivity index (χ0n) is 8.44. The number of hydrogen-bond donors (Lipinski definition) is 1. The lowest BCUT2D eigenvalue weighted by Gasteiger charge is -2.13. The number of aliphatic carboxylic acids is 1. The molecule has 3 nitrogen and oxygen atoms in total. The highest BCUT2D eigenvalue weighted by atomic mass is 19.1. The third-order valence-corrected chi connectivity index (χ3v) is 2.13. The Morgan fingerprint density at radius 1 is 1.47 bits per heavy atom. The summed E-state index contributed by atoms with van der Waals surface area (Å²) in [6.07, 6.45) is -0.0144. The highest BCUT2D eigenvalue weighted by molar-refractivity contribution is 5.68. The minimum absolute atomic E-state index is 0.0144. The third-order valence-electron chi connectivity index (χ3n) is 2.13. The van der Waals surface area contributed by atoms with Crippen LogP contribution in [0.25, 0.3) is 0 Å². The van der Waals surface area contributed by atoms with Gasteiger partial charge in [0.1, 0.15) is 5.82 Å². The number of carbonyl (C=O) groups is 1. The molecule has 0 heterocycles. The van der Waals surface area contributed by atoms with Gasteiger partial charge in [0.25, 0.3) is 0 Å². The van der Waals surface area contributed by atoms with E-state index in [1.54, 1.807) is 12.1 Å². The van der Waals surface area contributed by atoms with E-state index in [1.807, 2.05) is 0 Å². The summed E-state index contributed by atoms with van der Waals surface area (Å²) in [6.45, 7) is 0.317. The molecule has 1 aromatic rings. The van der Waals surface area contributed by atoms with Crippen molar-refractivity contribution in [3.05, 3.63) is 35.6 Å². The summed E-state index contributed by atoms with van der Waals surface area (Å²) in [4.78, 5) is 10.6. The fourth-order valence-electron chi connectivity index (χ4n) is 1.42. The lowest BCUT2D eigenvalue weighted by molar-refractivity contribution is -0.137. The Morgan fingerprint density at radius 3 is 2.53 bits per heavy atom. The van der Waals surface area contributed by atoms with Crippen molar-refractivity contribution in [1.82, 2.24) is 0 Å². The van der Waals surface area contributed by atoms with Crippen LogP contribution in [-0.2, 0) is 9.53 Å². The van der Waals surface area contributed by atoms with E-state index in [4.69, 9.17) is 9.84 Å². The Labute approximate surface area is 87.5 Å². The van der Waals surface area contributed by atoms with Gasteiger partial charge in [-0.2, -0.15) is 0 Å². The molecule has 1 unspecified atom stereocenters. The van der Waals surface area contributed by atoms with Gasteiger partial charge in [-0.1, -0.05) is 12.1 Å². The van der Waals surface area contributed by atoms with Gasteiger partial charge < -0.3 is 9.84 Å². The minimum atomic E-state index is -0.888. The maximum absolute atomic E-state index is 12.7. The Bertz CT molecular complexity index is 321. The number of benzene rings is 1. The van der Waals surface area contributed by atoms with Crippen LogP contribution >= 0.6 is 0 Å². The van der Waals surface area contributed by atoms with Gasteiger partial charge in [0.15, 0.2) is 0 Å². The molecule has 0 saturated carbocycles. The number of carboxylic acid groups (broad SMARTS) is 1. The third kappa shape index (κ3) is 3.67. The molecule has 0 bridgehead atoms. The average molecular weight is 212 g/mol. The first-order valence-corrected chi connectivity index (χ1v) is 4.59. The van der Waals surface area contributed by atoms with E-state index >= 15 is 0 Å². The molecule has 0 aliphatic carbocycles. The first-order valence-electron chi connectivity index (χ1n) is 4.59. The van der Waals surface area contributed by atoms with Crippen molar-refractivity contribution < 1.29 is 19.0 Å². The molecule has 15 heavy (non-hydrogen) atoms. The van der Waals surface area contributed by atoms with Crippen molar-refractivity contribution in [2.75, 3.05) is 13.7 Å². The Kier molecular flexibility index (Phi) is 4.24. The molecule has 0 fully saturated rings. The van der Waals surface area contributed by atoms with Gasteiger partial charge in [-0.25, -0.2) is 4.39 Å². The number of hydrogen-bond acceptors (Lipinski definition) is 2. The normalized spacial score (nSPS) is 12.4. The number of ether oxygens (including phenoxy) is 1. The molecule has 1 aromatic carbocycles. The van der Waals surface area contributed by atoms with Gasteiger partial charge in [0.05, 0.1) is 13.0 Å². The Balaban J connectivity index is 2.78. The van der Waals surface area contributed by atoms with E-state index in [1.165, 1.54) is 19.2 Å². The van der Waals surface area contributed by atoms with Gasteiger partial charge in [0.2, 0.25) is 0 Å². The molecule has 1 rings (SSSR count). The van der Waals surface area contributed by atoms with Crippen LogP contribution in [0.2, 0.25) is 0 Å². The summed E-state index contributed by atoms with van der Waals surface area (Å²) in [7, 11) is 1.51. The quantitative estimate of drug-likeness (QED) is 0.812. The second kappa shape index (κ2) is 5.46. The van der Waals surface area contributed by atoms with Crippen LogP contribution < -0.4 is 0 Å². The predicted molar refractivity (Wildman–Crippen MR) is 53.3 cm³/mol. The maximum atomic E-state index is 12.7. The molecule has 0 aliphatic rings. The molecule has 0 amide bonds. The van der Waals surface area contributed by atoms with E-state index in [9.17, 15) is 9.18 Å². The number of carboxylic acids is 1. The summed E-state index contributed by atoms with van der Waals surface area (Å²) in [5.74, 6) is -1.44. The van der Waals surface area contributed by atoms with E-state index in [2.05, 4.69) is 0 Å². The van der Waals surface area contributed by atoms with Gasteiger partial charge in [0, 0.05) is 13.0 Å². The first-order chi connectivity index (χ1) is 7.13. The summed E-state index contributed by atoms with van der Waals surface area (Å²) in [5.41, 5.74) is 0.778. The fourth-order valence-corrected chi connectivity index (χ4v) is 1.42. The molecular weight excluding hydrogens is 199 g/mol. The molecule has 0 aromatic heterocycles. The van der Waals surface area contributed by atoms with Gasteiger partial charge in [-0.15, -0.1) is 0 Å². The van der Waals surface area contributed by atoms with Crippen molar-refractivity contribution in [2.24, 2.45) is 0 Å². The lowest BCUT2D eigenvalue weighted by atomic mass is 9.97. The van der Waals surface area contributed by atoms with Crippen LogP contribution in [0, 0.1) is 5.82 Å². The Hall–Kier alpha value is -1.42. The number of rotatable bonds is 5. The smallest absolute Gasteiger partial charge is 0.304 e. The SMILES string of the molecule is COCC(CC(=O)O)c1ccc(F)cc1. The largest absolute Gasteiger partial charge is 0.481 e. The summed E-state index contributed by atoms with van der Waals surface area (Å²) >= 11 is 0. The molecule has 0 spiro atoms. The molecule has 0 aliphatic heterocycles. The number of methoxy groups -OCH3 is 1. The summed E-state index contributed by atoms with van der Waals surface area (Å²) < 4.78 is 17.6. The zero-order valence-corrected chi connectivity index (χ0v) is 8.44. The molecule has 0 radical (unpaired) electrons. The molecule has 0 saturated heterocycles. The monoisotopic (exact) mass is 212 g/mol. The van der Waals surface area contributed by atoms with Gasteiger partial charge >= 0.3 is 5.97 Å². The standard InChI is InChI=1S/C11H13FO3/c1-15-7-9(6-11(13)14)8-2-4-10(12)5-3-8/h2-5,9H,6-7H2,1H3,(H,13,14). The van der Waals surface area contributed by atoms with Crippen LogP contribution in [0.1, 0.15) is 17.9 Å². The predicted octanol–water partition coefficient (Wildman–Crippen LogP) is 2.03. The highest BCUT2D eigenvalue weighted by Gasteiger charge is 2.15. The van der Waals surface area contributed by atoms with Crippen molar-refractivity contribution in [3.63, 3.8) is 0 Å². The van der Waals surface area contributed by atoms with E-state index in [0.29, 0.717) is 6.61 Å². The van der Waals surface area contributed by atoms with Crippen molar-refractivity contribution in [3.8, 4) is 0 Å². The zero-order chi connectivity index (χ0) is 11.3. The van der Waals surface area contributed by atoms with Crippen LogP contribution in [0.3, 0.4) is 0 Å². The van der Waals surface area contributed by atoms with Gasteiger partial charge in [-0.05, 0) is 17.7 Å². The molecule has 4 heteroatoms. The van der Waals surface area contributed by atoms with Gasteiger partial charge in [-0.3, -0.25) is 4.79 Å². The average Bonchev–Trinajstić information content (AvgIpc) is 2.17. The van der Waals surface area contributed by atoms with Crippen molar-refractivity contribution in [2.45, 2.75) is 12.3 Å². The second-order valence-electron chi connectivity index (χ2n) is 3.30. The topological polar surface area (TPSA) is 46.5 Å². The fraction of sp³-hybridized carbons (Fsp3) is 0.364. The van der Waals surface area contributed by atoms with Crippen molar-refractivity contribution in [1.29, 1.82) is 0 Å². The summed E-state index contributed by atoms with van der Waals surface area (Å²) in [5, 5.41) is 8.70. The van der Waals surface area contributed by atoms with E-state index in [-0.39, 0.29) is 18.2 Å². The van der Waals surface area contributed by atoms with Crippen LogP contribution in [0.4, 0.5) is 4.39 Å². The summed E-state index contributed by atoms with van der Waals surface area (Å²) in [6, 6.07) is 5.81. The van der Waals surface area contributed by atoms with E-state index in [0.717, 1.165) is 5.56 Å². The maximum Gasteiger partial charge on any atom is 0.304 e. The molecule has 82 valence electrons. The highest BCUT2D eigenvalue weighted by Crippen LogP contribution is 2.20. The number of halogens is 1. The molecular formula is C11H13FO3. The van der Waals surface area contributed by atoms with E-state index < -0.39 is 5.97 Å². The van der Waals surface area contributed by atoms with Crippen molar-refractivity contribution >= 4 is 5.97 Å². The molecule has 1 N–H and O–H groups in total. The first kappa shape index (κ1) is 11.7. The molecule has 1 atom stereocenters. The van der Waals surface area contributed by atoms with Crippen LogP contribution in [-0.4, -0.2) is 24.8 Å². The van der Waals surface area contributed by atoms with Crippen LogP contribution in [0.5, 0.6) is 0 Å². The van der Waals surface area contributed by atoms with Crippen LogP contribution in [0.15, 0.2) is 24.3 Å².